The maximum atomic E-state index is 13.5. The molecule has 0 radical (unpaired) electrons. The van der Waals surface area contributed by atoms with Crippen LogP contribution in [0.3, 0.4) is 0 Å². The van der Waals surface area contributed by atoms with E-state index < -0.39 is 0 Å². The Hall–Kier alpha value is -2.99. The number of carbonyl (C=O) groups is 1. The Labute approximate surface area is 194 Å². The summed E-state index contributed by atoms with van der Waals surface area (Å²) in [5, 5.41) is 23.1. The van der Waals surface area contributed by atoms with Crippen LogP contribution in [0.5, 0.6) is 11.5 Å². The van der Waals surface area contributed by atoms with Gasteiger partial charge in [0.05, 0.1) is 17.8 Å². The molecule has 0 aromatic heterocycles. The van der Waals surface area contributed by atoms with E-state index in [0.29, 0.717) is 18.4 Å². The zero-order valence-corrected chi connectivity index (χ0v) is 18.7. The maximum absolute atomic E-state index is 13.5. The predicted octanol–water partition coefficient (Wildman–Crippen LogP) is 3.80. The Balaban J connectivity index is 1.36. The van der Waals surface area contributed by atoms with Crippen LogP contribution in [0.4, 0.5) is 0 Å². The molecule has 172 valence electrons. The van der Waals surface area contributed by atoms with Gasteiger partial charge in [0.2, 0.25) is 5.91 Å². The highest BCUT2D eigenvalue weighted by molar-refractivity contribution is 5.88. The van der Waals surface area contributed by atoms with E-state index in [1.165, 1.54) is 32.1 Å². The second-order valence-electron chi connectivity index (χ2n) is 10.0. The van der Waals surface area contributed by atoms with Gasteiger partial charge in [0, 0.05) is 12.2 Å². The molecule has 1 aliphatic carbocycles. The zero-order chi connectivity index (χ0) is 22.5. The van der Waals surface area contributed by atoms with Crippen LogP contribution in [-0.4, -0.2) is 50.2 Å². The Kier molecular flexibility index (Phi) is 5.06. The highest BCUT2D eigenvalue weighted by atomic mass is 16.3. The fourth-order valence-electron chi connectivity index (χ4n) is 6.51. The molecule has 0 spiro atoms. The first-order valence-electron chi connectivity index (χ1n) is 12.2. The van der Waals surface area contributed by atoms with E-state index in [-0.39, 0.29) is 35.7 Å². The quantitative estimate of drug-likeness (QED) is 0.670. The predicted molar refractivity (Wildman–Crippen MR) is 126 cm³/mol. The molecule has 3 aliphatic heterocycles. The van der Waals surface area contributed by atoms with Crippen molar-refractivity contribution < 1.29 is 15.0 Å². The molecule has 3 heterocycles. The number of rotatable bonds is 3. The number of hydrogen-bond acceptors (Lipinski definition) is 5. The number of phenolic OH excluding ortho intramolecular Hbond substituents is 2. The van der Waals surface area contributed by atoms with Crippen molar-refractivity contribution in [2.45, 2.75) is 69.2 Å². The number of nitrogens with one attached hydrogen (secondary N) is 1. The molecule has 1 amide bonds. The van der Waals surface area contributed by atoms with Gasteiger partial charge < -0.3 is 15.1 Å². The average Bonchev–Trinajstić information content (AvgIpc) is 3.15. The van der Waals surface area contributed by atoms with Gasteiger partial charge in [0.25, 0.3) is 0 Å². The van der Waals surface area contributed by atoms with Gasteiger partial charge in [-0.25, -0.2) is 0 Å². The van der Waals surface area contributed by atoms with Crippen LogP contribution in [0.2, 0.25) is 0 Å². The van der Waals surface area contributed by atoms with Gasteiger partial charge in [0.1, 0.15) is 17.7 Å². The number of amides is 1. The van der Waals surface area contributed by atoms with E-state index in [1.807, 2.05) is 29.2 Å². The van der Waals surface area contributed by atoms with Gasteiger partial charge in [-0.3, -0.25) is 15.0 Å². The fraction of sp³-hybridized carbons (Fsp3) is 0.444. The van der Waals surface area contributed by atoms with Crippen LogP contribution in [0.25, 0.3) is 5.70 Å². The van der Waals surface area contributed by atoms with Crippen LogP contribution in [0.1, 0.15) is 49.7 Å². The smallest absolute Gasteiger partial charge is 0.245 e. The number of fused-ring (bicyclic) bond motifs is 5. The second-order valence-corrected chi connectivity index (χ2v) is 10.0. The van der Waals surface area contributed by atoms with Crippen LogP contribution in [0, 0.1) is 5.92 Å². The lowest BCUT2D eigenvalue weighted by Gasteiger charge is -2.55. The third-order valence-corrected chi connectivity index (χ3v) is 8.08. The summed E-state index contributed by atoms with van der Waals surface area (Å²) in [6.07, 6.45) is 10.0. The van der Waals surface area contributed by atoms with Crippen molar-refractivity contribution in [2.24, 2.45) is 5.92 Å². The van der Waals surface area contributed by atoms with Crippen LogP contribution >= 0.6 is 0 Å². The first-order valence-corrected chi connectivity index (χ1v) is 12.2. The Morgan fingerprint density at radius 2 is 1.55 bits per heavy atom. The molecule has 3 fully saturated rings. The normalized spacial score (nSPS) is 31.0. The summed E-state index contributed by atoms with van der Waals surface area (Å²) in [6.45, 7) is 0. The number of phenols is 2. The highest BCUT2D eigenvalue weighted by Gasteiger charge is 2.51. The molecule has 4 aliphatic rings. The zero-order valence-electron chi connectivity index (χ0n) is 18.7. The lowest BCUT2D eigenvalue weighted by atomic mass is 9.74. The molecule has 2 aromatic carbocycles. The van der Waals surface area contributed by atoms with Crippen LogP contribution < -0.4 is 5.32 Å². The number of hydrogen-bond donors (Lipinski definition) is 3. The summed E-state index contributed by atoms with van der Waals surface area (Å²) in [4.78, 5) is 18.1. The summed E-state index contributed by atoms with van der Waals surface area (Å²) in [6, 6.07) is 15.0. The molecule has 2 saturated heterocycles. The van der Waals surface area contributed by atoms with Crippen LogP contribution in [0.15, 0.2) is 54.7 Å². The third kappa shape index (κ3) is 3.57. The Morgan fingerprint density at radius 3 is 2.30 bits per heavy atom. The molecule has 5 atom stereocenters. The first-order chi connectivity index (χ1) is 16.1. The summed E-state index contributed by atoms with van der Waals surface area (Å²) >= 11 is 0. The third-order valence-electron chi connectivity index (χ3n) is 8.08. The number of carbonyl (C=O) groups excluding carboxylic acids is 1. The summed E-state index contributed by atoms with van der Waals surface area (Å²) in [5.41, 5.74) is 3.19. The summed E-state index contributed by atoms with van der Waals surface area (Å²) in [7, 11) is 0. The van der Waals surface area contributed by atoms with Crippen molar-refractivity contribution in [1.82, 2.24) is 15.1 Å². The van der Waals surface area contributed by atoms with Crippen molar-refractivity contribution in [3.8, 4) is 11.5 Å². The SMILES string of the molecule is O=C1C(Cc2ccc(O)cc2)NC2C3CCC4CCCCC4N3C(c3ccc(O)cc3)=CN12. The van der Waals surface area contributed by atoms with Gasteiger partial charge in [-0.2, -0.15) is 0 Å². The molecule has 0 bridgehead atoms. The van der Waals surface area contributed by atoms with Gasteiger partial charge in [-0.15, -0.1) is 0 Å². The van der Waals surface area contributed by atoms with Gasteiger partial charge in [0.15, 0.2) is 0 Å². The van der Waals surface area contributed by atoms with Gasteiger partial charge >= 0.3 is 0 Å². The minimum Gasteiger partial charge on any atom is -0.508 e. The van der Waals surface area contributed by atoms with E-state index in [9.17, 15) is 15.0 Å². The van der Waals surface area contributed by atoms with E-state index in [2.05, 4.69) is 16.4 Å². The van der Waals surface area contributed by atoms with Gasteiger partial charge in [-0.1, -0.05) is 25.0 Å². The lowest BCUT2D eigenvalue weighted by Crippen LogP contribution is -2.62. The van der Waals surface area contributed by atoms with E-state index in [4.69, 9.17) is 0 Å². The average molecular weight is 446 g/mol. The Morgan fingerprint density at radius 1 is 0.848 bits per heavy atom. The monoisotopic (exact) mass is 445 g/mol. The number of piperidine rings is 1. The number of nitrogens with zero attached hydrogens (tertiary/aromatic N) is 2. The topological polar surface area (TPSA) is 76.0 Å². The van der Waals surface area contributed by atoms with E-state index in [0.717, 1.165) is 23.2 Å². The number of benzene rings is 2. The van der Waals surface area contributed by atoms with Gasteiger partial charge in [-0.05, 0) is 85.5 Å². The molecule has 3 N–H and O–H groups in total. The second kappa shape index (κ2) is 8.10. The van der Waals surface area contributed by atoms with Crippen molar-refractivity contribution >= 4 is 11.6 Å². The minimum atomic E-state index is -0.277. The van der Waals surface area contributed by atoms with Crippen molar-refractivity contribution in [3.05, 3.63) is 65.9 Å². The van der Waals surface area contributed by atoms with Crippen molar-refractivity contribution in [1.29, 1.82) is 0 Å². The molecular formula is C27H31N3O3. The number of aromatic hydroxyl groups is 2. The molecule has 1 saturated carbocycles. The molecule has 6 nitrogen and oxygen atoms in total. The van der Waals surface area contributed by atoms with Crippen LogP contribution in [-0.2, 0) is 11.2 Å². The summed E-state index contributed by atoms with van der Waals surface area (Å²) < 4.78 is 0. The highest BCUT2D eigenvalue weighted by Crippen LogP contribution is 2.46. The first kappa shape index (κ1) is 20.6. The molecule has 6 heteroatoms. The minimum absolute atomic E-state index is 0.0247. The Bertz CT molecular complexity index is 1070. The largest absolute Gasteiger partial charge is 0.508 e. The fourth-order valence-corrected chi connectivity index (χ4v) is 6.51. The molecule has 5 unspecified atom stereocenters. The maximum Gasteiger partial charge on any atom is 0.245 e. The molecule has 33 heavy (non-hydrogen) atoms. The lowest BCUT2D eigenvalue weighted by molar-refractivity contribution is -0.129. The standard InChI is InChI=1S/C27H31N3O3/c31-20-10-5-17(6-11-20)15-22-27(33)29-16-25(19-7-12-21(32)13-8-19)30-23-4-2-1-3-18(23)9-14-24(30)26(29)28-22/h5-8,10-13,16,18,22-24,26,28,31-32H,1-4,9,14-15H2. The van der Waals surface area contributed by atoms with Crippen molar-refractivity contribution in [2.75, 3.05) is 0 Å². The van der Waals surface area contributed by atoms with E-state index in [1.54, 1.807) is 24.3 Å². The van der Waals surface area contributed by atoms with E-state index >= 15 is 0 Å². The molecular weight excluding hydrogens is 414 g/mol. The molecule has 6 rings (SSSR count). The van der Waals surface area contributed by atoms with Crippen molar-refractivity contribution in [3.63, 3.8) is 0 Å². The molecule has 2 aromatic rings. The summed E-state index contributed by atoms with van der Waals surface area (Å²) in [5.74, 6) is 1.32.